The van der Waals surface area contributed by atoms with E-state index in [1.54, 1.807) is 25.2 Å². The van der Waals surface area contributed by atoms with Crippen LogP contribution in [0, 0.1) is 0 Å². The number of nitrogens with one attached hydrogen (secondary N) is 1. The van der Waals surface area contributed by atoms with Crippen LogP contribution in [-0.4, -0.2) is 36.2 Å². The summed E-state index contributed by atoms with van der Waals surface area (Å²) in [5, 5.41) is 22.3. The third kappa shape index (κ3) is 2.89. The minimum Gasteiger partial charge on any atom is -0.389 e. The van der Waals surface area contributed by atoms with Crippen molar-refractivity contribution in [2.75, 3.05) is 13.6 Å². The second-order valence-electron chi connectivity index (χ2n) is 3.44. The van der Waals surface area contributed by atoms with Crippen LogP contribution in [0.2, 0.25) is 0 Å². The second-order valence-corrected chi connectivity index (χ2v) is 4.23. The molecule has 1 rings (SSSR count). The van der Waals surface area contributed by atoms with Crippen molar-refractivity contribution in [1.29, 1.82) is 0 Å². The van der Waals surface area contributed by atoms with E-state index in [0.29, 0.717) is 21.9 Å². The molecule has 0 saturated heterocycles. The molecule has 16 heavy (non-hydrogen) atoms. The SMILES string of the molecule is CNCC(O)C(O)c1cccc(C=O)c1Br. The molecule has 5 heteroatoms. The van der Waals surface area contributed by atoms with Crippen molar-refractivity contribution in [3.63, 3.8) is 0 Å². The maximum Gasteiger partial charge on any atom is 0.151 e. The molecular weight excluding hydrogens is 274 g/mol. The summed E-state index contributed by atoms with van der Waals surface area (Å²) in [6.07, 6.45) is -1.24. The van der Waals surface area contributed by atoms with E-state index < -0.39 is 12.2 Å². The highest BCUT2D eigenvalue weighted by Gasteiger charge is 2.20. The van der Waals surface area contributed by atoms with Crippen LogP contribution in [0.15, 0.2) is 22.7 Å². The van der Waals surface area contributed by atoms with Gasteiger partial charge < -0.3 is 15.5 Å². The molecule has 0 aliphatic heterocycles. The summed E-state index contributed by atoms with van der Waals surface area (Å²) in [6.45, 7) is 0.277. The standard InChI is InChI=1S/C11H14BrNO3/c1-13-5-9(15)11(16)8-4-2-3-7(6-14)10(8)12/h2-4,6,9,11,13,15-16H,5H2,1H3. The summed E-state index contributed by atoms with van der Waals surface area (Å²) in [5.41, 5.74) is 0.959. The molecule has 0 radical (unpaired) electrons. The van der Waals surface area contributed by atoms with Crippen LogP contribution in [0.1, 0.15) is 22.0 Å². The number of hydrogen-bond acceptors (Lipinski definition) is 4. The van der Waals surface area contributed by atoms with E-state index in [4.69, 9.17) is 0 Å². The Hall–Kier alpha value is -0.750. The van der Waals surface area contributed by atoms with E-state index in [2.05, 4.69) is 21.2 Å². The number of benzene rings is 1. The summed E-state index contributed by atoms with van der Waals surface area (Å²) < 4.78 is 0.521. The lowest BCUT2D eigenvalue weighted by Crippen LogP contribution is -2.29. The van der Waals surface area contributed by atoms with E-state index >= 15 is 0 Å². The van der Waals surface area contributed by atoms with Crippen molar-refractivity contribution in [2.24, 2.45) is 0 Å². The molecule has 88 valence electrons. The molecule has 0 aliphatic carbocycles. The van der Waals surface area contributed by atoms with Gasteiger partial charge in [-0.15, -0.1) is 0 Å². The molecule has 0 spiro atoms. The first-order valence-electron chi connectivity index (χ1n) is 4.86. The fraction of sp³-hybridized carbons (Fsp3) is 0.364. The van der Waals surface area contributed by atoms with Gasteiger partial charge in [-0.1, -0.05) is 18.2 Å². The first kappa shape index (κ1) is 13.3. The first-order valence-corrected chi connectivity index (χ1v) is 5.65. The first-order chi connectivity index (χ1) is 7.61. The second kappa shape index (κ2) is 6.10. The smallest absolute Gasteiger partial charge is 0.151 e. The Morgan fingerprint density at radius 2 is 2.19 bits per heavy atom. The van der Waals surface area contributed by atoms with Gasteiger partial charge in [0.2, 0.25) is 0 Å². The number of aldehydes is 1. The Bertz CT molecular complexity index is 370. The zero-order valence-corrected chi connectivity index (χ0v) is 10.4. The molecule has 0 saturated carbocycles. The summed E-state index contributed by atoms with van der Waals surface area (Å²) in [4.78, 5) is 10.7. The van der Waals surface area contributed by atoms with Gasteiger partial charge in [0.05, 0.1) is 6.10 Å². The summed E-state index contributed by atoms with van der Waals surface area (Å²) in [5.74, 6) is 0. The van der Waals surface area contributed by atoms with E-state index in [0.717, 1.165) is 0 Å². The molecule has 0 bridgehead atoms. The summed E-state index contributed by atoms with van der Waals surface area (Å²) in [7, 11) is 1.69. The molecule has 0 heterocycles. The van der Waals surface area contributed by atoms with Gasteiger partial charge >= 0.3 is 0 Å². The van der Waals surface area contributed by atoms with Crippen molar-refractivity contribution in [2.45, 2.75) is 12.2 Å². The molecule has 1 aromatic carbocycles. The molecule has 1 aromatic rings. The number of likely N-dealkylation sites (N-methyl/N-ethyl adjacent to an activating group) is 1. The van der Waals surface area contributed by atoms with Crippen LogP contribution in [0.5, 0.6) is 0 Å². The maximum absolute atomic E-state index is 10.7. The van der Waals surface area contributed by atoms with Crippen LogP contribution in [0.25, 0.3) is 0 Å². The zero-order valence-electron chi connectivity index (χ0n) is 8.85. The number of rotatable bonds is 5. The zero-order chi connectivity index (χ0) is 12.1. The number of aliphatic hydroxyl groups is 2. The van der Waals surface area contributed by atoms with Gasteiger partial charge in [-0.25, -0.2) is 0 Å². The predicted molar refractivity (Wildman–Crippen MR) is 64.4 cm³/mol. The molecule has 0 aliphatic rings. The van der Waals surface area contributed by atoms with Gasteiger partial charge in [0.15, 0.2) is 6.29 Å². The Morgan fingerprint density at radius 1 is 1.50 bits per heavy atom. The molecule has 0 aromatic heterocycles. The lowest BCUT2D eigenvalue weighted by atomic mass is 10.0. The van der Waals surface area contributed by atoms with Gasteiger partial charge in [-0.05, 0) is 28.5 Å². The third-order valence-electron chi connectivity index (χ3n) is 2.28. The Labute approximate surface area is 102 Å². The fourth-order valence-electron chi connectivity index (χ4n) is 1.42. The molecule has 3 N–H and O–H groups in total. The largest absolute Gasteiger partial charge is 0.389 e. The average molecular weight is 288 g/mol. The van der Waals surface area contributed by atoms with Crippen molar-refractivity contribution in [3.8, 4) is 0 Å². The number of halogens is 1. The Kier molecular flexibility index (Phi) is 5.08. The predicted octanol–water partition coefficient (Wildman–Crippen LogP) is 0.875. The summed E-state index contributed by atoms with van der Waals surface area (Å²) >= 11 is 3.24. The van der Waals surface area contributed by atoms with Crippen LogP contribution in [0.3, 0.4) is 0 Å². The molecule has 2 unspecified atom stereocenters. The monoisotopic (exact) mass is 287 g/mol. The fourth-order valence-corrected chi connectivity index (χ4v) is 2.01. The van der Waals surface area contributed by atoms with Gasteiger partial charge in [0.1, 0.15) is 6.10 Å². The highest BCUT2D eigenvalue weighted by molar-refractivity contribution is 9.10. The van der Waals surface area contributed by atoms with Gasteiger partial charge in [-0.3, -0.25) is 4.79 Å². The van der Waals surface area contributed by atoms with Gasteiger partial charge in [0.25, 0.3) is 0 Å². The maximum atomic E-state index is 10.7. The Balaban J connectivity index is 2.99. The van der Waals surface area contributed by atoms with Gasteiger partial charge in [-0.2, -0.15) is 0 Å². The molecular formula is C11H14BrNO3. The molecule has 4 nitrogen and oxygen atoms in total. The van der Waals surface area contributed by atoms with E-state index in [9.17, 15) is 15.0 Å². The van der Waals surface area contributed by atoms with Crippen LogP contribution >= 0.6 is 15.9 Å². The van der Waals surface area contributed by atoms with Crippen molar-refractivity contribution in [3.05, 3.63) is 33.8 Å². The Morgan fingerprint density at radius 3 is 2.75 bits per heavy atom. The highest BCUT2D eigenvalue weighted by atomic mass is 79.9. The minimum atomic E-state index is -1.03. The molecule has 0 amide bonds. The lowest BCUT2D eigenvalue weighted by Gasteiger charge is -2.19. The van der Waals surface area contributed by atoms with Crippen LogP contribution in [-0.2, 0) is 0 Å². The quantitative estimate of drug-likeness (QED) is 0.703. The van der Waals surface area contributed by atoms with E-state index in [1.807, 2.05) is 0 Å². The molecule has 2 atom stereocenters. The molecule has 0 fully saturated rings. The normalized spacial score (nSPS) is 14.5. The number of hydrogen-bond donors (Lipinski definition) is 3. The van der Waals surface area contributed by atoms with Crippen molar-refractivity contribution < 1.29 is 15.0 Å². The van der Waals surface area contributed by atoms with Crippen molar-refractivity contribution in [1.82, 2.24) is 5.32 Å². The third-order valence-corrected chi connectivity index (χ3v) is 3.20. The lowest BCUT2D eigenvalue weighted by molar-refractivity contribution is 0.0198. The number of carbonyl (C=O) groups is 1. The van der Waals surface area contributed by atoms with E-state index in [1.165, 1.54) is 0 Å². The number of carbonyl (C=O) groups excluding carboxylic acids is 1. The number of aliphatic hydroxyl groups excluding tert-OH is 2. The summed E-state index contributed by atoms with van der Waals surface area (Å²) in [6, 6.07) is 4.97. The van der Waals surface area contributed by atoms with Crippen LogP contribution < -0.4 is 5.32 Å². The van der Waals surface area contributed by atoms with Crippen LogP contribution in [0.4, 0.5) is 0 Å². The van der Waals surface area contributed by atoms with Crippen molar-refractivity contribution >= 4 is 22.2 Å². The highest BCUT2D eigenvalue weighted by Crippen LogP contribution is 2.27. The van der Waals surface area contributed by atoms with Gasteiger partial charge in [0, 0.05) is 16.6 Å². The average Bonchev–Trinajstić information content (AvgIpc) is 2.29. The minimum absolute atomic E-state index is 0.277. The topological polar surface area (TPSA) is 69.6 Å². The van der Waals surface area contributed by atoms with E-state index in [-0.39, 0.29) is 6.54 Å².